The van der Waals surface area contributed by atoms with Crippen LogP contribution in [0.5, 0.6) is 0 Å². The van der Waals surface area contributed by atoms with E-state index in [1.54, 1.807) is 7.11 Å². The molecule has 0 radical (unpaired) electrons. The van der Waals surface area contributed by atoms with Crippen LogP contribution in [0.1, 0.15) is 24.8 Å². The number of benzene rings is 1. The number of amides is 1. The Morgan fingerprint density at radius 1 is 1.24 bits per heavy atom. The predicted octanol–water partition coefficient (Wildman–Crippen LogP) is 2.16. The van der Waals surface area contributed by atoms with Gasteiger partial charge in [0.2, 0.25) is 5.91 Å². The van der Waals surface area contributed by atoms with Gasteiger partial charge in [-0.1, -0.05) is 42.5 Å². The van der Waals surface area contributed by atoms with Gasteiger partial charge in [-0.15, -0.1) is 0 Å². The predicted molar refractivity (Wildman–Crippen MR) is 89.2 cm³/mol. The SMILES string of the molecule is COCCCN(CCC(N)=S)C(=O)CCc1ccccc1. The van der Waals surface area contributed by atoms with E-state index >= 15 is 0 Å². The molecule has 116 valence electrons. The molecular formula is C16H24N2O2S. The Hall–Kier alpha value is -1.46. The number of carbonyl (C=O) groups excluding carboxylic acids is 1. The lowest BCUT2D eigenvalue weighted by Gasteiger charge is -2.22. The van der Waals surface area contributed by atoms with Crippen molar-refractivity contribution in [3.05, 3.63) is 35.9 Å². The Morgan fingerprint density at radius 3 is 2.57 bits per heavy atom. The summed E-state index contributed by atoms with van der Waals surface area (Å²) >= 11 is 4.89. The summed E-state index contributed by atoms with van der Waals surface area (Å²) in [6.45, 7) is 1.92. The first-order valence-corrected chi connectivity index (χ1v) is 7.63. The Morgan fingerprint density at radius 2 is 1.95 bits per heavy atom. The number of methoxy groups -OCH3 is 1. The maximum atomic E-state index is 12.3. The van der Waals surface area contributed by atoms with E-state index < -0.39 is 0 Å². The average molecular weight is 308 g/mol. The molecule has 0 saturated carbocycles. The van der Waals surface area contributed by atoms with E-state index in [9.17, 15) is 4.79 Å². The van der Waals surface area contributed by atoms with Gasteiger partial charge in [-0.2, -0.15) is 0 Å². The smallest absolute Gasteiger partial charge is 0.222 e. The van der Waals surface area contributed by atoms with Crippen LogP contribution in [-0.4, -0.2) is 42.6 Å². The van der Waals surface area contributed by atoms with E-state index in [4.69, 9.17) is 22.7 Å². The van der Waals surface area contributed by atoms with Crippen LogP contribution in [0.4, 0.5) is 0 Å². The number of carbonyl (C=O) groups is 1. The summed E-state index contributed by atoms with van der Waals surface area (Å²) in [5, 5.41) is 0. The molecular weight excluding hydrogens is 284 g/mol. The third kappa shape index (κ3) is 7.78. The van der Waals surface area contributed by atoms with Crippen LogP contribution in [-0.2, 0) is 16.0 Å². The molecule has 4 nitrogen and oxygen atoms in total. The van der Waals surface area contributed by atoms with Crippen molar-refractivity contribution in [1.82, 2.24) is 4.90 Å². The van der Waals surface area contributed by atoms with E-state index in [0.29, 0.717) is 37.5 Å². The van der Waals surface area contributed by atoms with Gasteiger partial charge in [-0.3, -0.25) is 4.79 Å². The standard InChI is InChI=1S/C16H24N2O2S/c1-20-13-5-11-18(12-10-15(17)21)16(19)9-8-14-6-3-2-4-7-14/h2-4,6-7H,5,8-13H2,1H3,(H2,17,21). The molecule has 1 aromatic rings. The number of hydrogen-bond donors (Lipinski definition) is 1. The second-order valence-corrected chi connectivity index (χ2v) is 5.45. The van der Waals surface area contributed by atoms with Gasteiger partial charge in [0.05, 0.1) is 4.99 Å². The molecule has 0 bridgehead atoms. The van der Waals surface area contributed by atoms with Crippen LogP contribution in [0, 0.1) is 0 Å². The summed E-state index contributed by atoms with van der Waals surface area (Å²) < 4.78 is 5.04. The molecule has 5 heteroatoms. The molecule has 0 aromatic heterocycles. The number of hydrogen-bond acceptors (Lipinski definition) is 3. The van der Waals surface area contributed by atoms with Crippen molar-refractivity contribution in [2.45, 2.75) is 25.7 Å². The van der Waals surface area contributed by atoms with E-state index in [2.05, 4.69) is 0 Å². The second-order valence-electron chi connectivity index (χ2n) is 4.93. The van der Waals surface area contributed by atoms with Crippen molar-refractivity contribution < 1.29 is 9.53 Å². The minimum absolute atomic E-state index is 0.145. The monoisotopic (exact) mass is 308 g/mol. The van der Waals surface area contributed by atoms with Crippen LogP contribution >= 0.6 is 12.2 Å². The zero-order valence-electron chi connectivity index (χ0n) is 12.6. The lowest BCUT2D eigenvalue weighted by atomic mass is 10.1. The quantitative estimate of drug-likeness (QED) is 0.531. The van der Waals surface area contributed by atoms with Crippen molar-refractivity contribution in [2.24, 2.45) is 5.73 Å². The molecule has 0 fully saturated rings. The van der Waals surface area contributed by atoms with Gasteiger partial charge >= 0.3 is 0 Å². The molecule has 0 unspecified atom stereocenters. The van der Waals surface area contributed by atoms with Crippen LogP contribution in [0.3, 0.4) is 0 Å². The number of ether oxygens (including phenoxy) is 1. The van der Waals surface area contributed by atoms with Crippen molar-refractivity contribution in [3.63, 3.8) is 0 Å². The third-order valence-electron chi connectivity index (χ3n) is 3.23. The number of nitrogens with zero attached hydrogens (tertiary/aromatic N) is 1. The van der Waals surface area contributed by atoms with Crippen LogP contribution in [0.25, 0.3) is 0 Å². The summed E-state index contributed by atoms with van der Waals surface area (Å²) in [4.78, 5) is 14.6. The number of thiocarbonyl (C=S) groups is 1. The maximum Gasteiger partial charge on any atom is 0.222 e. The Kier molecular flexibility index (Phi) is 8.62. The lowest BCUT2D eigenvalue weighted by molar-refractivity contribution is -0.131. The van der Waals surface area contributed by atoms with E-state index in [1.165, 1.54) is 5.56 Å². The fourth-order valence-corrected chi connectivity index (χ4v) is 2.15. The fourth-order valence-electron chi connectivity index (χ4n) is 2.06. The summed E-state index contributed by atoms with van der Waals surface area (Å²) in [5.74, 6) is 0.145. The number of rotatable bonds is 10. The van der Waals surface area contributed by atoms with Gasteiger partial charge in [-0.05, 0) is 18.4 Å². The first kappa shape index (κ1) is 17.6. The summed E-state index contributed by atoms with van der Waals surface area (Å²) in [6, 6.07) is 10.0. The molecule has 0 aliphatic carbocycles. The third-order valence-corrected chi connectivity index (χ3v) is 3.43. The van der Waals surface area contributed by atoms with Gasteiger partial charge in [0.1, 0.15) is 0 Å². The van der Waals surface area contributed by atoms with Crippen LogP contribution in [0.15, 0.2) is 30.3 Å². The first-order valence-electron chi connectivity index (χ1n) is 7.22. The van der Waals surface area contributed by atoms with Crippen LogP contribution in [0.2, 0.25) is 0 Å². The Bertz CT molecular complexity index is 437. The molecule has 0 aliphatic heterocycles. The molecule has 0 atom stereocenters. The van der Waals surface area contributed by atoms with Gasteiger partial charge in [0, 0.05) is 39.6 Å². The molecule has 1 aromatic carbocycles. The van der Waals surface area contributed by atoms with E-state index in [-0.39, 0.29) is 5.91 Å². The summed E-state index contributed by atoms with van der Waals surface area (Å²) in [6.07, 6.45) is 2.66. The van der Waals surface area contributed by atoms with Crippen molar-refractivity contribution in [3.8, 4) is 0 Å². The van der Waals surface area contributed by atoms with E-state index in [0.717, 1.165) is 12.8 Å². The van der Waals surface area contributed by atoms with Gasteiger partial charge in [0.25, 0.3) is 0 Å². The highest BCUT2D eigenvalue weighted by Crippen LogP contribution is 2.06. The summed E-state index contributed by atoms with van der Waals surface area (Å²) in [7, 11) is 1.66. The number of nitrogens with two attached hydrogens (primary N) is 1. The van der Waals surface area contributed by atoms with Gasteiger partial charge in [-0.25, -0.2) is 0 Å². The Labute approximate surface area is 132 Å². The molecule has 0 saturated heterocycles. The zero-order chi connectivity index (χ0) is 15.5. The highest BCUT2D eigenvalue weighted by molar-refractivity contribution is 7.80. The topological polar surface area (TPSA) is 55.6 Å². The highest BCUT2D eigenvalue weighted by atomic mass is 32.1. The average Bonchev–Trinajstić information content (AvgIpc) is 2.49. The lowest BCUT2D eigenvalue weighted by Crippen LogP contribution is -2.35. The molecule has 0 spiro atoms. The van der Waals surface area contributed by atoms with Crippen molar-refractivity contribution in [2.75, 3.05) is 26.8 Å². The molecule has 0 aliphatic rings. The number of aryl methyl sites for hydroxylation is 1. The van der Waals surface area contributed by atoms with E-state index in [1.807, 2.05) is 35.2 Å². The molecule has 0 heterocycles. The van der Waals surface area contributed by atoms with Crippen molar-refractivity contribution in [1.29, 1.82) is 0 Å². The van der Waals surface area contributed by atoms with Gasteiger partial charge in [0.15, 0.2) is 0 Å². The second kappa shape index (κ2) is 10.3. The van der Waals surface area contributed by atoms with Crippen molar-refractivity contribution >= 4 is 23.1 Å². The minimum Gasteiger partial charge on any atom is -0.393 e. The minimum atomic E-state index is 0.145. The molecule has 1 rings (SSSR count). The normalized spacial score (nSPS) is 10.3. The fraction of sp³-hybridized carbons (Fsp3) is 0.500. The largest absolute Gasteiger partial charge is 0.393 e. The first-order chi connectivity index (χ1) is 10.1. The molecule has 1 amide bonds. The van der Waals surface area contributed by atoms with Crippen LogP contribution < -0.4 is 5.73 Å². The maximum absolute atomic E-state index is 12.3. The zero-order valence-corrected chi connectivity index (χ0v) is 13.4. The van der Waals surface area contributed by atoms with Gasteiger partial charge < -0.3 is 15.4 Å². The summed E-state index contributed by atoms with van der Waals surface area (Å²) in [5.41, 5.74) is 6.71. The molecule has 2 N–H and O–H groups in total. The highest BCUT2D eigenvalue weighted by Gasteiger charge is 2.13. The Balaban J connectivity index is 2.46. The molecule has 21 heavy (non-hydrogen) atoms.